The maximum absolute atomic E-state index is 5.27. The van der Waals surface area contributed by atoms with Gasteiger partial charge in [-0.15, -0.1) is 0 Å². The standard InChI is InChI=1S/C20H28N6S/c1-3-4-12-21-20(27)23-22-15-18-16(2)24-26(17-10-6-5-7-11-17)19(18)25-13-8-9-14-25/h5-7,10-11,15H,3-4,8-9,12-14H2,1-2H3,(H2,21,23,27)/b22-15-. The van der Waals surface area contributed by atoms with Gasteiger partial charge in [0.25, 0.3) is 0 Å². The first kappa shape index (κ1) is 19.4. The van der Waals surface area contributed by atoms with E-state index in [0.29, 0.717) is 5.11 Å². The minimum absolute atomic E-state index is 0.551. The molecule has 2 N–H and O–H groups in total. The molecule has 7 heteroatoms. The molecular weight excluding hydrogens is 356 g/mol. The van der Waals surface area contributed by atoms with E-state index in [1.54, 1.807) is 0 Å². The molecule has 0 bridgehead atoms. The summed E-state index contributed by atoms with van der Waals surface area (Å²) < 4.78 is 2.03. The van der Waals surface area contributed by atoms with Crippen molar-refractivity contribution in [2.45, 2.75) is 39.5 Å². The van der Waals surface area contributed by atoms with Crippen molar-refractivity contribution >= 4 is 29.4 Å². The molecule has 0 unspecified atom stereocenters. The second-order valence-corrected chi connectivity index (χ2v) is 7.15. The van der Waals surface area contributed by atoms with Crippen molar-refractivity contribution < 1.29 is 0 Å². The molecule has 3 rings (SSSR count). The number of rotatable bonds is 7. The fraction of sp³-hybridized carbons (Fsp3) is 0.450. The van der Waals surface area contributed by atoms with Gasteiger partial charge >= 0.3 is 0 Å². The van der Waals surface area contributed by atoms with E-state index in [1.165, 1.54) is 12.8 Å². The van der Waals surface area contributed by atoms with Crippen LogP contribution >= 0.6 is 12.2 Å². The molecule has 6 nitrogen and oxygen atoms in total. The van der Waals surface area contributed by atoms with Crippen molar-refractivity contribution in [3.8, 4) is 5.69 Å². The Kier molecular flexibility index (Phi) is 6.81. The monoisotopic (exact) mass is 384 g/mol. The van der Waals surface area contributed by atoms with E-state index >= 15 is 0 Å². The molecule has 0 aliphatic carbocycles. The number of nitrogens with zero attached hydrogens (tertiary/aromatic N) is 4. The lowest BCUT2D eigenvalue weighted by Crippen LogP contribution is -2.32. The van der Waals surface area contributed by atoms with Crippen LogP contribution in [0, 0.1) is 6.92 Å². The quantitative estimate of drug-likeness (QED) is 0.332. The van der Waals surface area contributed by atoms with E-state index in [2.05, 4.69) is 39.8 Å². The van der Waals surface area contributed by atoms with Crippen LogP contribution in [0.2, 0.25) is 0 Å². The number of anilines is 1. The highest BCUT2D eigenvalue weighted by molar-refractivity contribution is 7.80. The molecule has 27 heavy (non-hydrogen) atoms. The lowest BCUT2D eigenvalue weighted by Gasteiger charge is -2.20. The molecule has 0 atom stereocenters. The smallest absolute Gasteiger partial charge is 0.186 e. The third kappa shape index (κ3) is 4.86. The third-order valence-corrected chi connectivity index (χ3v) is 4.90. The number of benzene rings is 1. The number of aryl methyl sites for hydroxylation is 1. The number of para-hydroxylation sites is 1. The molecule has 1 fully saturated rings. The van der Waals surface area contributed by atoms with E-state index in [-0.39, 0.29) is 0 Å². The van der Waals surface area contributed by atoms with Crippen LogP contribution in [0.5, 0.6) is 0 Å². The van der Waals surface area contributed by atoms with Crippen LogP contribution in [0.4, 0.5) is 5.82 Å². The molecule has 1 aliphatic rings. The first-order valence-corrected chi connectivity index (χ1v) is 10.1. The summed E-state index contributed by atoms with van der Waals surface area (Å²) in [5, 5.41) is 12.9. The molecule has 1 aromatic carbocycles. The highest BCUT2D eigenvalue weighted by atomic mass is 32.1. The molecule has 0 amide bonds. The van der Waals surface area contributed by atoms with Crippen molar-refractivity contribution in [1.82, 2.24) is 20.5 Å². The summed E-state index contributed by atoms with van der Waals surface area (Å²) in [6.45, 7) is 7.13. The van der Waals surface area contributed by atoms with Crippen LogP contribution < -0.4 is 15.6 Å². The largest absolute Gasteiger partial charge is 0.361 e. The Morgan fingerprint density at radius 2 is 2.00 bits per heavy atom. The number of aromatic nitrogens is 2. The number of hydrogen-bond acceptors (Lipinski definition) is 4. The average Bonchev–Trinajstić information content (AvgIpc) is 3.31. The lowest BCUT2D eigenvalue weighted by atomic mass is 10.2. The van der Waals surface area contributed by atoms with Crippen LogP contribution in [-0.4, -0.2) is 40.7 Å². The SMILES string of the molecule is CCCCNC(=S)N/N=C\c1c(C)nn(-c2ccccc2)c1N1CCCC1. The minimum Gasteiger partial charge on any atom is -0.361 e. The van der Waals surface area contributed by atoms with Crippen molar-refractivity contribution in [3.05, 3.63) is 41.6 Å². The highest BCUT2D eigenvalue weighted by Gasteiger charge is 2.23. The first-order valence-electron chi connectivity index (χ1n) is 9.67. The normalized spacial score (nSPS) is 14.1. The predicted octanol–water partition coefficient (Wildman–Crippen LogP) is 3.38. The van der Waals surface area contributed by atoms with Crippen molar-refractivity contribution in [1.29, 1.82) is 0 Å². The summed E-state index contributed by atoms with van der Waals surface area (Å²) in [7, 11) is 0. The predicted molar refractivity (Wildman–Crippen MR) is 116 cm³/mol. The van der Waals surface area contributed by atoms with Crippen molar-refractivity contribution in [2.75, 3.05) is 24.5 Å². The fourth-order valence-electron chi connectivity index (χ4n) is 3.23. The summed E-state index contributed by atoms with van der Waals surface area (Å²) in [6, 6.07) is 10.3. The maximum Gasteiger partial charge on any atom is 0.186 e. The van der Waals surface area contributed by atoms with E-state index in [9.17, 15) is 0 Å². The Bertz CT molecular complexity index is 777. The molecule has 0 saturated carbocycles. The van der Waals surface area contributed by atoms with E-state index in [0.717, 1.165) is 55.2 Å². The zero-order chi connectivity index (χ0) is 19.1. The highest BCUT2D eigenvalue weighted by Crippen LogP contribution is 2.28. The van der Waals surface area contributed by atoms with Crippen LogP contribution in [0.1, 0.15) is 43.9 Å². The van der Waals surface area contributed by atoms with Crippen LogP contribution in [0.15, 0.2) is 35.4 Å². The van der Waals surface area contributed by atoms with E-state index in [4.69, 9.17) is 17.3 Å². The topological polar surface area (TPSA) is 57.5 Å². The van der Waals surface area contributed by atoms with Crippen molar-refractivity contribution in [3.63, 3.8) is 0 Å². The molecule has 1 aromatic heterocycles. The van der Waals surface area contributed by atoms with Gasteiger partial charge in [0.2, 0.25) is 0 Å². The Balaban J connectivity index is 1.83. The molecule has 0 spiro atoms. The van der Waals surface area contributed by atoms with Gasteiger partial charge in [0.05, 0.1) is 23.2 Å². The van der Waals surface area contributed by atoms with Crippen molar-refractivity contribution in [2.24, 2.45) is 5.10 Å². The zero-order valence-corrected chi connectivity index (χ0v) is 16.9. The van der Waals surface area contributed by atoms with Crippen LogP contribution in [0.25, 0.3) is 5.69 Å². The van der Waals surface area contributed by atoms with Gasteiger partial charge in [-0.3, -0.25) is 5.43 Å². The summed E-state index contributed by atoms with van der Waals surface area (Å²) >= 11 is 5.27. The minimum atomic E-state index is 0.551. The van der Waals surface area contributed by atoms with Crippen LogP contribution in [0.3, 0.4) is 0 Å². The van der Waals surface area contributed by atoms with Gasteiger partial charge < -0.3 is 10.2 Å². The molecule has 1 saturated heterocycles. The molecule has 1 aliphatic heterocycles. The maximum atomic E-state index is 5.27. The van der Waals surface area contributed by atoms with Gasteiger partial charge in [-0.1, -0.05) is 31.5 Å². The zero-order valence-electron chi connectivity index (χ0n) is 16.1. The molecule has 0 radical (unpaired) electrons. The van der Waals surface area contributed by atoms with Crippen LogP contribution in [-0.2, 0) is 0 Å². The van der Waals surface area contributed by atoms with Gasteiger partial charge in [-0.2, -0.15) is 10.2 Å². The number of nitrogens with one attached hydrogen (secondary N) is 2. The van der Waals surface area contributed by atoms with Gasteiger partial charge in [0.15, 0.2) is 5.11 Å². The second kappa shape index (κ2) is 9.50. The van der Waals surface area contributed by atoms with Gasteiger partial charge in [0.1, 0.15) is 5.82 Å². The summed E-state index contributed by atoms with van der Waals surface area (Å²) in [4.78, 5) is 2.40. The van der Waals surface area contributed by atoms with E-state index < -0.39 is 0 Å². The Morgan fingerprint density at radius 3 is 2.70 bits per heavy atom. The summed E-state index contributed by atoms with van der Waals surface area (Å²) in [6.07, 6.45) is 6.48. The van der Waals surface area contributed by atoms with Gasteiger partial charge in [-0.05, 0) is 50.5 Å². The third-order valence-electron chi connectivity index (χ3n) is 4.66. The number of hydrazone groups is 1. The summed E-state index contributed by atoms with van der Waals surface area (Å²) in [5.41, 5.74) is 5.97. The Labute approximate surface area is 166 Å². The molecule has 144 valence electrons. The Morgan fingerprint density at radius 1 is 1.26 bits per heavy atom. The van der Waals surface area contributed by atoms with Gasteiger partial charge in [0, 0.05) is 19.6 Å². The summed E-state index contributed by atoms with van der Waals surface area (Å²) in [5.74, 6) is 1.10. The van der Waals surface area contributed by atoms with E-state index in [1.807, 2.05) is 36.0 Å². The lowest BCUT2D eigenvalue weighted by molar-refractivity contribution is 0.745. The fourth-order valence-corrected chi connectivity index (χ4v) is 3.39. The average molecular weight is 385 g/mol. The first-order chi connectivity index (χ1) is 13.2. The molecular formula is C20H28N6S. The Hall–Kier alpha value is -2.41. The van der Waals surface area contributed by atoms with Gasteiger partial charge in [-0.25, -0.2) is 4.68 Å². The number of unbranched alkanes of at least 4 members (excludes halogenated alkanes) is 1. The second-order valence-electron chi connectivity index (χ2n) is 6.74. The number of thiocarbonyl (C=S) groups is 1. The number of hydrogen-bond donors (Lipinski definition) is 2. The molecule has 2 heterocycles. The molecule has 2 aromatic rings.